The molecule has 0 aliphatic carbocycles. The molecule has 1 unspecified atom stereocenters. The van der Waals surface area contributed by atoms with E-state index in [1.54, 1.807) is 0 Å². The van der Waals surface area contributed by atoms with Gasteiger partial charge in [-0.25, -0.2) is 4.79 Å². The molecule has 0 saturated carbocycles. The molecule has 0 radical (unpaired) electrons. The number of nitrogens with zero attached hydrogens (tertiary/aromatic N) is 1. The molecule has 12 nitrogen and oxygen atoms in total. The van der Waals surface area contributed by atoms with E-state index in [2.05, 4.69) is 4.31 Å². The standard InChI is InChI=1S/C10H19N2O10P3.4Na/c13-9-4-6-12(10(14)11-9)5-2-1-3-7-23(15,8-24(16,17)18)22-25(19,20)21;;;;/h4,6H,1-3,5,7-8H2,(H,11,13,14)(H2,16,17,18)(H2,19,20,21);;;;/q;4*+1/p-4. The fourth-order valence-electron chi connectivity index (χ4n) is 2.02. The Kier molecular flexibility index (Phi) is 23.9. The van der Waals surface area contributed by atoms with Gasteiger partial charge in [-0.05, 0) is 12.8 Å². The van der Waals surface area contributed by atoms with Crippen molar-refractivity contribution in [3.8, 4) is 0 Å². The summed E-state index contributed by atoms with van der Waals surface area (Å²) in [4.78, 5) is 67.0. The zero-order chi connectivity index (χ0) is 19.3. The molecule has 0 aliphatic rings. The Morgan fingerprint density at radius 1 is 0.931 bits per heavy atom. The third-order valence-electron chi connectivity index (χ3n) is 2.93. The third kappa shape index (κ3) is 19.2. The van der Waals surface area contributed by atoms with Gasteiger partial charge in [0, 0.05) is 25.0 Å². The van der Waals surface area contributed by atoms with E-state index in [0.29, 0.717) is 6.42 Å². The second-order valence-electron chi connectivity index (χ2n) is 5.18. The summed E-state index contributed by atoms with van der Waals surface area (Å²) in [6.45, 7) is 0.185. The Labute approximate surface area is 255 Å². The first-order chi connectivity index (χ1) is 11.3. The first kappa shape index (κ1) is 39.4. The smallest absolute Gasteiger partial charge is 0.810 e. The van der Waals surface area contributed by atoms with Crippen LogP contribution in [0.3, 0.4) is 0 Å². The van der Waals surface area contributed by atoms with Crippen LogP contribution in [0.25, 0.3) is 0 Å². The molecule has 1 atom stereocenters. The van der Waals surface area contributed by atoms with E-state index in [1.807, 2.05) is 4.98 Å². The molecule has 0 fully saturated rings. The summed E-state index contributed by atoms with van der Waals surface area (Å²) in [5.74, 6) is -1.56. The van der Waals surface area contributed by atoms with Crippen molar-refractivity contribution in [3.05, 3.63) is 33.1 Å². The maximum atomic E-state index is 12.1. The van der Waals surface area contributed by atoms with Gasteiger partial charge in [0.25, 0.3) is 5.56 Å². The van der Waals surface area contributed by atoms with Crippen LogP contribution in [-0.2, 0) is 24.6 Å². The van der Waals surface area contributed by atoms with Crippen molar-refractivity contribution in [1.82, 2.24) is 9.55 Å². The van der Waals surface area contributed by atoms with Gasteiger partial charge in [-0.15, -0.1) is 0 Å². The van der Waals surface area contributed by atoms with Crippen LogP contribution in [0.15, 0.2) is 21.9 Å². The largest absolute Gasteiger partial charge is 1.00 e. The first-order valence-corrected chi connectivity index (χ1v) is 12.1. The molecule has 0 aromatic carbocycles. The number of aryl methyl sites for hydroxylation is 1. The fraction of sp³-hybridized carbons (Fsp3) is 0.600. The van der Waals surface area contributed by atoms with Crippen molar-refractivity contribution in [2.45, 2.75) is 25.8 Å². The van der Waals surface area contributed by atoms with E-state index in [9.17, 15) is 42.9 Å². The Hall–Kier alpha value is 3.17. The molecule has 0 bridgehead atoms. The molecular formula is C10H15N2Na4O10P3. The number of rotatable bonds is 10. The van der Waals surface area contributed by atoms with Gasteiger partial charge in [0.05, 0.1) is 13.7 Å². The SMILES string of the molecule is O=c1ccn(CCCCCP(=O)(CP(=O)([O-])[O-])OP(=O)([O-])[O-])c(=O)[nH]1.[Na+].[Na+].[Na+].[Na+]. The molecule has 1 heterocycles. The van der Waals surface area contributed by atoms with Gasteiger partial charge in [-0.1, -0.05) is 14.0 Å². The number of nitrogens with one attached hydrogen (secondary N) is 1. The minimum absolute atomic E-state index is 0. The van der Waals surface area contributed by atoms with Crippen LogP contribution in [0.1, 0.15) is 19.3 Å². The minimum Gasteiger partial charge on any atom is -0.810 e. The Balaban J connectivity index is -0.000000781. The summed E-state index contributed by atoms with van der Waals surface area (Å²) >= 11 is 0. The topological polar surface area (TPSA) is 208 Å². The number of aromatic nitrogens is 2. The van der Waals surface area contributed by atoms with Crippen molar-refractivity contribution in [2.75, 3.05) is 12.1 Å². The molecule has 1 N–H and O–H groups in total. The quantitative estimate of drug-likeness (QED) is 0.179. The predicted molar refractivity (Wildman–Crippen MR) is 78.8 cm³/mol. The van der Waals surface area contributed by atoms with Gasteiger partial charge in [0.2, 0.25) is 7.37 Å². The van der Waals surface area contributed by atoms with Crippen LogP contribution in [0, 0.1) is 0 Å². The van der Waals surface area contributed by atoms with Gasteiger partial charge in [0.15, 0.2) is 0 Å². The van der Waals surface area contributed by atoms with Crippen molar-refractivity contribution in [3.63, 3.8) is 0 Å². The number of phosphoric acid groups is 1. The number of aromatic amines is 1. The molecule has 0 aliphatic heterocycles. The summed E-state index contributed by atoms with van der Waals surface area (Å²) in [5, 5.41) is 0. The van der Waals surface area contributed by atoms with Crippen LogP contribution in [-0.4, -0.2) is 21.6 Å². The first-order valence-electron chi connectivity index (χ1n) is 6.92. The van der Waals surface area contributed by atoms with Gasteiger partial charge in [-0.2, -0.15) is 0 Å². The van der Waals surface area contributed by atoms with E-state index >= 15 is 0 Å². The van der Waals surface area contributed by atoms with Gasteiger partial charge < -0.3 is 33.3 Å². The van der Waals surface area contributed by atoms with Crippen molar-refractivity contribution in [2.24, 2.45) is 0 Å². The number of unbranched alkanes of at least 4 members (excludes halogenated alkanes) is 2. The van der Waals surface area contributed by atoms with E-state index in [1.165, 1.54) is 10.8 Å². The Bertz CT molecular complexity index is 823. The molecule has 1 rings (SSSR count). The van der Waals surface area contributed by atoms with E-state index in [0.717, 1.165) is 6.07 Å². The molecule has 29 heavy (non-hydrogen) atoms. The molecular weight excluding hydrogens is 493 g/mol. The van der Waals surface area contributed by atoms with Crippen LogP contribution in [0.5, 0.6) is 0 Å². The minimum atomic E-state index is -5.73. The zero-order valence-electron chi connectivity index (χ0n) is 16.8. The summed E-state index contributed by atoms with van der Waals surface area (Å²) in [5.41, 5.74) is -1.18. The fourth-order valence-corrected chi connectivity index (χ4v) is 7.85. The molecule has 1 aromatic heterocycles. The maximum absolute atomic E-state index is 12.1. The number of hydrogen-bond donors (Lipinski definition) is 1. The van der Waals surface area contributed by atoms with Gasteiger partial charge >= 0.3 is 124 Å². The molecule has 144 valence electrons. The number of hydrogen-bond acceptors (Lipinski definition) is 10. The van der Waals surface area contributed by atoms with E-state index < -0.39 is 46.1 Å². The Morgan fingerprint density at radius 3 is 1.93 bits per heavy atom. The summed E-state index contributed by atoms with van der Waals surface area (Å²) < 4.78 is 38.5. The van der Waals surface area contributed by atoms with E-state index in [-0.39, 0.29) is 138 Å². The Morgan fingerprint density at radius 2 is 1.48 bits per heavy atom. The summed E-state index contributed by atoms with van der Waals surface area (Å²) in [6, 6.07) is 1.14. The average molecular weight is 508 g/mol. The van der Waals surface area contributed by atoms with Crippen LogP contribution in [0.2, 0.25) is 0 Å². The van der Waals surface area contributed by atoms with Gasteiger partial charge in [0.1, 0.15) is 0 Å². The van der Waals surface area contributed by atoms with Crippen molar-refractivity contribution < 1.29 is 156 Å². The van der Waals surface area contributed by atoms with Gasteiger partial charge in [-0.3, -0.25) is 18.7 Å². The van der Waals surface area contributed by atoms with Crippen LogP contribution < -0.4 is 149 Å². The normalized spacial score (nSPS) is 13.0. The summed E-state index contributed by atoms with van der Waals surface area (Å²) in [7, 11) is -15.6. The average Bonchev–Trinajstić information content (AvgIpc) is 2.36. The predicted octanol–water partition coefficient (Wildman–Crippen LogP) is -14.3. The molecule has 0 saturated heterocycles. The second-order valence-corrected chi connectivity index (χ2v) is 11.2. The maximum Gasteiger partial charge on any atom is 1.00 e. The van der Waals surface area contributed by atoms with Crippen LogP contribution >= 0.6 is 22.8 Å². The molecule has 0 amide bonds. The van der Waals surface area contributed by atoms with Crippen LogP contribution in [0.4, 0.5) is 0 Å². The monoisotopic (exact) mass is 508 g/mol. The number of H-pyrrole nitrogens is 1. The summed E-state index contributed by atoms with van der Waals surface area (Å²) in [6.07, 6.45) is 1.28. The molecule has 0 spiro atoms. The van der Waals surface area contributed by atoms with Crippen molar-refractivity contribution >= 4 is 22.8 Å². The molecule has 19 heteroatoms. The van der Waals surface area contributed by atoms with E-state index in [4.69, 9.17) is 0 Å². The second kappa shape index (κ2) is 17.6. The molecule has 1 aromatic rings. The van der Waals surface area contributed by atoms with Crippen molar-refractivity contribution in [1.29, 1.82) is 0 Å². The third-order valence-corrected chi connectivity index (χ3v) is 9.03. The zero-order valence-corrected chi connectivity index (χ0v) is 27.5.